The lowest BCUT2D eigenvalue weighted by Gasteiger charge is -2.27. The van der Waals surface area contributed by atoms with E-state index >= 15 is 0 Å². The van der Waals surface area contributed by atoms with Crippen molar-refractivity contribution in [2.45, 2.75) is 40.0 Å². The van der Waals surface area contributed by atoms with Gasteiger partial charge >= 0.3 is 0 Å². The third-order valence-electron chi connectivity index (χ3n) is 3.74. The number of benzene rings is 1. The Hall–Kier alpha value is -1.48. The highest BCUT2D eigenvalue weighted by atomic mass is 35.5. The lowest BCUT2D eigenvalue weighted by Crippen LogP contribution is -2.41. The Morgan fingerprint density at radius 2 is 1.90 bits per heavy atom. The van der Waals surface area contributed by atoms with Crippen molar-refractivity contribution in [2.75, 3.05) is 6.54 Å². The molecule has 2 aromatic rings. The minimum atomic E-state index is -0.375. The lowest BCUT2D eigenvalue weighted by molar-refractivity contribution is -0.128. The van der Waals surface area contributed by atoms with Crippen LogP contribution in [-0.2, 0) is 10.2 Å². The average molecular weight is 307 g/mol. The number of nitrogens with one attached hydrogen (secondary N) is 2. The van der Waals surface area contributed by atoms with Gasteiger partial charge in [-0.05, 0) is 23.8 Å². The number of halogens is 1. The van der Waals surface area contributed by atoms with E-state index in [1.807, 2.05) is 45.2 Å². The Kier molecular flexibility index (Phi) is 4.07. The van der Waals surface area contributed by atoms with Crippen LogP contribution in [0.2, 0.25) is 5.02 Å². The molecular formula is C17H23ClN2O. The molecule has 0 aliphatic carbocycles. The second-order valence-corrected chi connectivity index (χ2v) is 7.65. The maximum Gasteiger partial charge on any atom is 0.225 e. The summed E-state index contributed by atoms with van der Waals surface area (Å²) in [5.41, 5.74) is 1.67. The number of hydrogen-bond acceptors (Lipinski definition) is 1. The highest BCUT2D eigenvalue weighted by Crippen LogP contribution is 2.31. The van der Waals surface area contributed by atoms with Crippen LogP contribution in [0.25, 0.3) is 10.9 Å². The normalized spacial score (nSPS) is 12.7. The van der Waals surface area contributed by atoms with Gasteiger partial charge in [-0.15, -0.1) is 0 Å². The van der Waals surface area contributed by atoms with Crippen LogP contribution < -0.4 is 5.32 Å². The summed E-state index contributed by atoms with van der Waals surface area (Å²) in [5.74, 6) is 0.0634. The van der Waals surface area contributed by atoms with E-state index in [4.69, 9.17) is 11.6 Å². The van der Waals surface area contributed by atoms with E-state index in [2.05, 4.69) is 24.1 Å². The summed E-state index contributed by atoms with van der Waals surface area (Å²) >= 11 is 6.10. The van der Waals surface area contributed by atoms with Gasteiger partial charge in [-0.3, -0.25) is 4.79 Å². The van der Waals surface area contributed by atoms with Crippen molar-refractivity contribution in [3.63, 3.8) is 0 Å². The van der Waals surface area contributed by atoms with Gasteiger partial charge in [0.1, 0.15) is 0 Å². The number of aromatic amines is 1. The van der Waals surface area contributed by atoms with Crippen molar-refractivity contribution >= 4 is 28.4 Å². The third kappa shape index (κ3) is 3.41. The van der Waals surface area contributed by atoms with Crippen molar-refractivity contribution in [2.24, 2.45) is 5.41 Å². The zero-order chi connectivity index (χ0) is 15.8. The fourth-order valence-corrected chi connectivity index (χ4v) is 2.49. The van der Waals surface area contributed by atoms with Gasteiger partial charge in [0.2, 0.25) is 5.91 Å². The Morgan fingerprint density at radius 3 is 2.52 bits per heavy atom. The Bertz CT molecular complexity index is 665. The summed E-state index contributed by atoms with van der Waals surface area (Å²) in [6, 6.07) is 5.82. The van der Waals surface area contributed by atoms with E-state index < -0.39 is 0 Å². The molecule has 0 unspecified atom stereocenters. The maximum atomic E-state index is 12.1. The topological polar surface area (TPSA) is 44.9 Å². The van der Waals surface area contributed by atoms with E-state index in [0.717, 1.165) is 21.5 Å². The number of carbonyl (C=O) groups is 1. The number of amides is 1. The van der Waals surface area contributed by atoms with Crippen LogP contribution in [0, 0.1) is 5.41 Å². The molecule has 114 valence electrons. The number of hydrogen-bond donors (Lipinski definition) is 2. The molecule has 0 spiro atoms. The molecule has 0 atom stereocenters. The molecule has 1 aromatic heterocycles. The van der Waals surface area contributed by atoms with Gasteiger partial charge in [0.15, 0.2) is 0 Å². The first-order valence-corrected chi connectivity index (χ1v) is 7.54. The quantitative estimate of drug-likeness (QED) is 0.874. The van der Waals surface area contributed by atoms with E-state index in [1.165, 1.54) is 0 Å². The van der Waals surface area contributed by atoms with E-state index in [0.29, 0.717) is 6.54 Å². The molecule has 21 heavy (non-hydrogen) atoms. The van der Waals surface area contributed by atoms with Crippen LogP contribution in [-0.4, -0.2) is 17.4 Å². The van der Waals surface area contributed by atoms with Crippen LogP contribution in [0.4, 0.5) is 0 Å². The Balaban J connectivity index is 2.25. The second-order valence-electron chi connectivity index (χ2n) is 7.21. The minimum absolute atomic E-state index is 0.0634. The fraction of sp³-hybridized carbons (Fsp3) is 0.471. The van der Waals surface area contributed by atoms with Crippen LogP contribution >= 0.6 is 11.6 Å². The highest BCUT2D eigenvalue weighted by molar-refractivity contribution is 6.31. The van der Waals surface area contributed by atoms with Gasteiger partial charge in [-0.1, -0.05) is 46.2 Å². The zero-order valence-corrected chi connectivity index (χ0v) is 14.1. The summed E-state index contributed by atoms with van der Waals surface area (Å²) in [5, 5.41) is 4.87. The molecule has 1 amide bonds. The molecule has 2 N–H and O–H groups in total. The molecule has 0 saturated carbocycles. The molecule has 0 fully saturated rings. The standard InChI is InChI=1S/C17H23ClN2O/c1-16(2,3)15(21)20-10-17(4,5)13-9-19-14-7-6-11(18)8-12(13)14/h6-9,19H,10H2,1-5H3,(H,20,21). The number of rotatable bonds is 3. The molecule has 1 aromatic carbocycles. The first kappa shape index (κ1) is 15.9. The van der Waals surface area contributed by atoms with Crippen LogP contribution in [0.15, 0.2) is 24.4 Å². The molecule has 0 saturated heterocycles. The molecule has 0 aliphatic heterocycles. The van der Waals surface area contributed by atoms with E-state index in [1.54, 1.807) is 0 Å². The molecular weight excluding hydrogens is 284 g/mol. The van der Waals surface area contributed by atoms with Crippen LogP contribution in [0.3, 0.4) is 0 Å². The van der Waals surface area contributed by atoms with Crippen LogP contribution in [0.1, 0.15) is 40.2 Å². The number of H-pyrrole nitrogens is 1. The Morgan fingerprint density at radius 1 is 1.24 bits per heavy atom. The predicted octanol–water partition coefficient (Wildman–Crippen LogP) is 4.26. The van der Waals surface area contributed by atoms with Gasteiger partial charge < -0.3 is 10.3 Å². The molecule has 4 heteroatoms. The smallest absolute Gasteiger partial charge is 0.225 e. The summed E-state index contributed by atoms with van der Waals surface area (Å²) in [6.45, 7) is 10.6. The Labute approximate surface area is 131 Å². The van der Waals surface area contributed by atoms with Crippen molar-refractivity contribution in [1.29, 1.82) is 0 Å². The number of aromatic nitrogens is 1. The van der Waals surface area contributed by atoms with Gasteiger partial charge in [0.25, 0.3) is 0 Å². The van der Waals surface area contributed by atoms with Gasteiger partial charge in [0, 0.05) is 39.5 Å². The minimum Gasteiger partial charge on any atom is -0.361 e. The van der Waals surface area contributed by atoms with Gasteiger partial charge in [-0.2, -0.15) is 0 Å². The first-order valence-electron chi connectivity index (χ1n) is 7.17. The first-order chi connectivity index (χ1) is 9.61. The molecule has 2 rings (SSSR count). The number of carbonyl (C=O) groups excluding carboxylic acids is 1. The summed E-state index contributed by atoms with van der Waals surface area (Å²) in [6.07, 6.45) is 2.00. The van der Waals surface area contributed by atoms with Crippen molar-refractivity contribution in [1.82, 2.24) is 10.3 Å². The highest BCUT2D eigenvalue weighted by Gasteiger charge is 2.27. The summed E-state index contributed by atoms with van der Waals surface area (Å²) in [7, 11) is 0. The van der Waals surface area contributed by atoms with E-state index in [-0.39, 0.29) is 16.7 Å². The fourth-order valence-electron chi connectivity index (χ4n) is 2.31. The van der Waals surface area contributed by atoms with Gasteiger partial charge in [0.05, 0.1) is 0 Å². The van der Waals surface area contributed by atoms with Gasteiger partial charge in [-0.25, -0.2) is 0 Å². The van der Waals surface area contributed by atoms with Crippen molar-refractivity contribution < 1.29 is 4.79 Å². The molecule has 0 bridgehead atoms. The summed E-state index contributed by atoms with van der Waals surface area (Å²) < 4.78 is 0. The predicted molar refractivity (Wildman–Crippen MR) is 88.8 cm³/mol. The van der Waals surface area contributed by atoms with E-state index in [9.17, 15) is 4.79 Å². The molecule has 0 aliphatic rings. The van der Waals surface area contributed by atoms with Crippen molar-refractivity contribution in [3.05, 3.63) is 35.0 Å². The summed E-state index contributed by atoms with van der Waals surface area (Å²) in [4.78, 5) is 15.3. The monoisotopic (exact) mass is 306 g/mol. The lowest BCUT2D eigenvalue weighted by atomic mass is 9.84. The molecule has 1 heterocycles. The molecule has 0 radical (unpaired) electrons. The number of fused-ring (bicyclic) bond motifs is 1. The molecule has 3 nitrogen and oxygen atoms in total. The van der Waals surface area contributed by atoms with Crippen LogP contribution in [0.5, 0.6) is 0 Å². The third-order valence-corrected chi connectivity index (χ3v) is 3.98. The zero-order valence-electron chi connectivity index (χ0n) is 13.3. The maximum absolute atomic E-state index is 12.1. The largest absolute Gasteiger partial charge is 0.361 e. The second kappa shape index (κ2) is 5.38. The van der Waals surface area contributed by atoms with Crippen molar-refractivity contribution in [3.8, 4) is 0 Å². The SMILES string of the molecule is CC(C)(C)C(=O)NCC(C)(C)c1c[nH]c2ccc(Cl)cc12. The average Bonchev–Trinajstić information content (AvgIpc) is 2.78.